The van der Waals surface area contributed by atoms with Crippen molar-refractivity contribution in [2.75, 3.05) is 6.61 Å². The molecule has 0 atom stereocenters. The predicted molar refractivity (Wildman–Crippen MR) is 80.7 cm³/mol. The number of benzene rings is 1. The van der Waals surface area contributed by atoms with Crippen LogP contribution in [0.2, 0.25) is 0 Å². The molecule has 2 aromatic rings. The lowest BCUT2D eigenvalue weighted by Crippen LogP contribution is -2.42. The Morgan fingerprint density at radius 1 is 1.23 bits per heavy atom. The van der Waals surface area contributed by atoms with E-state index in [1.165, 1.54) is 6.07 Å². The highest BCUT2D eigenvalue weighted by Gasteiger charge is 2.18. The molecule has 0 saturated heterocycles. The van der Waals surface area contributed by atoms with E-state index in [0.29, 0.717) is 11.0 Å². The van der Waals surface area contributed by atoms with Gasteiger partial charge in [-0.25, -0.2) is 9.59 Å². The topological polar surface area (TPSA) is 85.6 Å². The Hall–Kier alpha value is -2.63. The number of fused-ring (bicyclic) bond motifs is 1. The van der Waals surface area contributed by atoms with Crippen LogP contribution in [-0.2, 0) is 9.53 Å². The highest BCUT2D eigenvalue weighted by atomic mass is 16.5. The van der Waals surface area contributed by atoms with Crippen molar-refractivity contribution in [1.82, 2.24) is 5.32 Å². The van der Waals surface area contributed by atoms with Gasteiger partial charge in [-0.2, -0.15) is 0 Å². The fourth-order valence-corrected chi connectivity index (χ4v) is 1.87. The molecule has 1 amide bonds. The van der Waals surface area contributed by atoms with Crippen LogP contribution in [0.1, 0.15) is 31.1 Å². The Balaban J connectivity index is 2.12. The molecular weight excluding hydrogens is 286 g/mol. The van der Waals surface area contributed by atoms with E-state index in [1.807, 2.05) is 20.8 Å². The Labute approximate surface area is 127 Å². The number of carbonyl (C=O) groups excluding carboxylic acids is 2. The molecule has 0 saturated carbocycles. The van der Waals surface area contributed by atoms with Crippen LogP contribution in [-0.4, -0.2) is 24.0 Å². The van der Waals surface area contributed by atoms with Crippen molar-refractivity contribution in [1.29, 1.82) is 0 Å². The first-order chi connectivity index (χ1) is 10.3. The molecule has 0 spiro atoms. The summed E-state index contributed by atoms with van der Waals surface area (Å²) < 4.78 is 9.90. The van der Waals surface area contributed by atoms with Crippen LogP contribution < -0.4 is 10.9 Å². The van der Waals surface area contributed by atoms with Gasteiger partial charge in [0.2, 0.25) is 0 Å². The molecule has 0 aliphatic heterocycles. The van der Waals surface area contributed by atoms with Gasteiger partial charge >= 0.3 is 11.6 Å². The van der Waals surface area contributed by atoms with Crippen LogP contribution in [0.3, 0.4) is 0 Å². The predicted octanol–water partition coefficient (Wildman–Crippen LogP) is 1.86. The van der Waals surface area contributed by atoms with Gasteiger partial charge in [-0.05, 0) is 32.9 Å². The summed E-state index contributed by atoms with van der Waals surface area (Å²) >= 11 is 0. The largest absolute Gasteiger partial charge is 0.452 e. The molecule has 116 valence electrons. The molecule has 22 heavy (non-hydrogen) atoms. The SMILES string of the molecule is CC(C)(C)NC(=O)COC(=O)c1cc2ccccc2oc1=O. The first kappa shape index (κ1) is 15.8. The molecule has 1 aromatic heterocycles. The lowest BCUT2D eigenvalue weighted by molar-refractivity contribution is -0.125. The molecule has 0 fully saturated rings. The van der Waals surface area contributed by atoms with Gasteiger partial charge in [-0.1, -0.05) is 18.2 Å². The lowest BCUT2D eigenvalue weighted by Gasteiger charge is -2.20. The average Bonchev–Trinajstić information content (AvgIpc) is 2.42. The van der Waals surface area contributed by atoms with Gasteiger partial charge in [0.25, 0.3) is 5.91 Å². The zero-order valence-corrected chi connectivity index (χ0v) is 12.6. The van der Waals surface area contributed by atoms with Crippen molar-refractivity contribution in [3.05, 3.63) is 46.3 Å². The van der Waals surface area contributed by atoms with Crippen LogP contribution in [0.15, 0.2) is 39.5 Å². The summed E-state index contributed by atoms with van der Waals surface area (Å²) in [5.41, 5.74) is -1.07. The molecule has 6 nitrogen and oxygen atoms in total. The van der Waals surface area contributed by atoms with Crippen molar-refractivity contribution in [3.8, 4) is 0 Å². The van der Waals surface area contributed by atoms with Gasteiger partial charge in [0.05, 0.1) is 0 Å². The summed E-state index contributed by atoms with van der Waals surface area (Å²) in [7, 11) is 0. The van der Waals surface area contributed by atoms with E-state index in [1.54, 1.807) is 24.3 Å². The number of amides is 1. The number of carbonyl (C=O) groups is 2. The Bertz CT molecular complexity index is 770. The smallest absolute Gasteiger partial charge is 0.351 e. The molecule has 2 rings (SSSR count). The van der Waals surface area contributed by atoms with Crippen LogP contribution in [0.5, 0.6) is 0 Å². The number of rotatable bonds is 3. The third-order valence-corrected chi connectivity index (χ3v) is 2.71. The molecule has 1 N–H and O–H groups in total. The van der Waals surface area contributed by atoms with Crippen molar-refractivity contribution < 1.29 is 18.7 Å². The molecule has 0 bridgehead atoms. The van der Waals surface area contributed by atoms with E-state index in [2.05, 4.69) is 5.32 Å². The highest BCUT2D eigenvalue weighted by Crippen LogP contribution is 2.13. The molecular formula is C16H17NO5. The number of esters is 1. The summed E-state index contributed by atoms with van der Waals surface area (Å²) in [5.74, 6) is -1.32. The summed E-state index contributed by atoms with van der Waals surface area (Å²) in [4.78, 5) is 35.3. The van der Waals surface area contributed by atoms with E-state index < -0.39 is 29.6 Å². The maximum atomic E-state index is 11.9. The minimum atomic E-state index is -0.886. The second-order valence-corrected chi connectivity index (χ2v) is 5.86. The van der Waals surface area contributed by atoms with E-state index in [-0.39, 0.29) is 5.56 Å². The van der Waals surface area contributed by atoms with Gasteiger partial charge in [0, 0.05) is 10.9 Å². The molecule has 0 aliphatic rings. The highest BCUT2D eigenvalue weighted by molar-refractivity contribution is 5.94. The number of para-hydroxylation sites is 1. The van der Waals surface area contributed by atoms with Crippen molar-refractivity contribution >= 4 is 22.8 Å². The first-order valence-corrected chi connectivity index (χ1v) is 6.77. The zero-order chi connectivity index (χ0) is 16.3. The minimum Gasteiger partial charge on any atom is -0.452 e. The van der Waals surface area contributed by atoms with Crippen molar-refractivity contribution in [3.63, 3.8) is 0 Å². The van der Waals surface area contributed by atoms with E-state index in [4.69, 9.17) is 9.15 Å². The van der Waals surface area contributed by atoms with Crippen molar-refractivity contribution in [2.45, 2.75) is 26.3 Å². The maximum absolute atomic E-state index is 11.9. The Kier molecular flexibility index (Phi) is 4.30. The number of hydrogen-bond acceptors (Lipinski definition) is 5. The number of hydrogen-bond donors (Lipinski definition) is 1. The lowest BCUT2D eigenvalue weighted by atomic mass is 10.1. The zero-order valence-electron chi connectivity index (χ0n) is 12.6. The standard InChI is InChI=1S/C16H17NO5/c1-16(2,3)17-13(18)9-21-14(19)11-8-10-6-4-5-7-12(10)22-15(11)20/h4-8H,9H2,1-3H3,(H,17,18). The molecule has 6 heteroatoms. The minimum absolute atomic E-state index is 0.234. The monoisotopic (exact) mass is 303 g/mol. The van der Waals surface area contributed by atoms with Gasteiger partial charge in [0.1, 0.15) is 11.1 Å². The molecule has 0 unspecified atom stereocenters. The Morgan fingerprint density at radius 2 is 1.91 bits per heavy atom. The third-order valence-electron chi connectivity index (χ3n) is 2.71. The fraction of sp³-hybridized carbons (Fsp3) is 0.312. The van der Waals surface area contributed by atoms with Gasteiger partial charge in [-0.15, -0.1) is 0 Å². The average molecular weight is 303 g/mol. The summed E-state index contributed by atoms with van der Waals surface area (Å²) in [5, 5.41) is 3.26. The van der Waals surface area contributed by atoms with Gasteiger partial charge < -0.3 is 14.5 Å². The summed E-state index contributed by atoms with van der Waals surface area (Å²) in [6, 6.07) is 8.21. The summed E-state index contributed by atoms with van der Waals surface area (Å²) in [6.07, 6.45) is 0. The summed E-state index contributed by atoms with van der Waals surface area (Å²) in [6.45, 7) is 4.97. The van der Waals surface area contributed by atoms with E-state index >= 15 is 0 Å². The molecule has 1 heterocycles. The van der Waals surface area contributed by atoms with Gasteiger partial charge in [0.15, 0.2) is 6.61 Å². The Morgan fingerprint density at radius 3 is 2.59 bits per heavy atom. The molecule has 0 radical (unpaired) electrons. The van der Waals surface area contributed by atoms with Crippen LogP contribution in [0.25, 0.3) is 11.0 Å². The fourth-order valence-electron chi connectivity index (χ4n) is 1.87. The molecule has 0 aliphatic carbocycles. The second kappa shape index (κ2) is 6.01. The quantitative estimate of drug-likeness (QED) is 0.691. The third kappa shape index (κ3) is 3.94. The van der Waals surface area contributed by atoms with Crippen LogP contribution >= 0.6 is 0 Å². The normalized spacial score (nSPS) is 11.2. The van der Waals surface area contributed by atoms with E-state index in [0.717, 1.165) is 0 Å². The number of nitrogens with one attached hydrogen (secondary N) is 1. The second-order valence-electron chi connectivity index (χ2n) is 5.86. The van der Waals surface area contributed by atoms with E-state index in [9.17, 15) is 14.4 Å². The number of ether oxygens (including phenoxy) is 1. The van der Waals surface area contributed by atoms with Crippen LogP contribution in [0, 0.1) is 0 Å². The maximum Gasteiger partial charge on any atom is 0.351 e. The van der Waals surface area contributed by atoms with Crippen LogP contribution in [0.4, 0.5) is 0 Å². The van der Waals surface area contributed by atoms with Crippen molar-refractivity contribution in [2.24, 2.45) is 0 Å². The first-order valence-electron chi connectivity index (χ1n) is 6.77. The van der Waals surface area contributed by atoms with Gasteiger partial charge in [-0.3, -0.25) is 4.79 Å². The molecule has 1 aromatic carbocycles.